The topological polar surface area (TPSA) is 81.5 Å². The molecule has 0 bridgehead atoms. The van der Waals surface area contributed by atoms with Gasteiger partial charge in [-0.1, -0.05) is 48.7 Å². The van der Waals surface area contributed by atoms with Crippen molar-refractivity contribution in [3.05, 3.63) is 82.7 Å². The molecule has 2 aromatic carbocycles. The van der Waals surface area contributed by atoms with Crippen LogP contribution < -0.4 is 0 Å². The van der Waals surface area contributed by atoms with Gasteiger partial charge in [0.15, 0.2) is 0 Å². The first-order valence-electron chi connectivity index (χ1n) is 9.23. The summed E-state index contributed by atoms with van der Waals surface area (Å²) in [4.78, 5) is 43.0. The summed E-state index contributed by atoms with van der Waals surface area (Å²) < 4.78 is 1.67. The second-order valence-corrected chi connectivity index (χ2v) is 7.17. The number of benzene rings is 2. The van der Waals surface area contributed by atoms with E-state index in [0.29, 0.717) is 10.8 Å². The smallest absolute Gasteiger partial charge is 0.324 e. The van der Waals surface area contributed by atoms with Crippen molar-refractivity contribution >= 4 is 17.8 Å². The first kappa shape index (κ1) is 18.6. The third-order valence-electron chi connectivity index (χ3n) is 4.78. The minimum atomic E-state index is -0.804. The average molecular weight is 389 g/mol. The second kappa shape index (κ2) is 7.01. The Kier molecular flexibility index (Phi) is 4.50. The van der Waals surface area contributed by atoms with Gasteiger partial charge in [0.05, 0.1) is 28.7 Å². The van der Waals surface area contributed by atoms with Crippen LogP contribution in [0.1, 0.15) is 62.1 Å². The summed E-state index contributed by atoms with van der Waals surface area (Å²) in [6.45, 7) is 5.85. The SMILES string of the molecule is Cc1ccc(-n2ncc(C(=O)ON3C(=O)c4ccccc4C3=O)c2C(C)C)cc1. The Labute approximate surface area is 167 Å². The molecule has 2 amide bonds. The predicted octanol–water partition coefficient (Wildman–Crippen LogP) is 3.67. The number of aryl methyl sites for hydroxylation is 1. The van der Waals surface area contributed by atoms with Crippen LogP contribution in [0.2, 0.25) is 0 Å². The van der Waals surface area contributed by atoms with Crippen molar-refractivity contribution in [2.24, 2.45) is 0 Å². The quantitative estimate of drug-likeness (QED) is 0.636. The summed E-state index contributed by atoms with van der Waals surface area (Å²) in [6, 6.07) is 14.1. The molecule has 3 aromatic rings. The fourth-order valence-electron chi connectivity index (χ4n) is 3.34. The summed E-state index contributed by atoms with van der Waals surface area (Å²) in [6.07, 6.45) is 1.40. The first-order chi connectivity index (χ1) is 13.9. The van der Waals surface area contributed by atoms with Crippen molar-refractivity contribution in [1.29, 1.82) is 0 Å². The van der Waals surface area contributed by atoms with Crippen LogP contribution in [0.4, 0.5) is 0 Å². The number of hydroxylamine groups is 2. The zero-order chi connectivity index (χ0) is 20.7. The van der Waals surface area contributed by atoms with Crippen molar-refractivity contribution in [1.82, 2.24) is 14.8 Å². The molecule has 0 saturated heterocycles. The highest BCUT2D eigenvalue weighted by Crippen LogP contribution is 2.27. The summed E-state index contributed by atoms with van der Waals surface area (Å²) in [7, 11) is 0. The van der Waals surface area contributed by atoms with Gasteiger partial charge in [-0.05, 0) is 37.1 Å². The molecule has 0 unspecified atom stereocenters. The fourth-order valence-corrected chi connectivity index (χ4v) is 3.34. The van der Waals surface area contributed by atoms with E-state index >= 15 is 0 Å². The van der Waals surface area contributed by atoms with E-state index in [1.54, 1.807) is 16.8 Å². The molecule has 4 rings (SSSR count). The van der Waals surface area contributed by atoms with Crippen molar-refractivity contribution in [2.45, 2.75) is 26.7 Å². The lowest BCUT2D eigenvalue weighted by molar-refractivity contribution is -0.0585. The van der Waals surface area contributed by atoms with Gasteiger partial charge < -0.3 is 4.84 Å². The molecular weight excluding hydrogens is 370 g/mol. The van der Waals surface area contributed by atoms with Crippen LogP contribution in [0, 0.1) is 6.92 Å². The van der Waals surface area contributed by atoms with Crippen LogP contribution in [0.25, 0.3) is 5.69 Å². The lowest BCUT2D eigenvalue weighted by Gasteiger charge is -2.15. The maximum atomic E-state index is 12.8. The van der Waals surface area contributed by atoms with E-state index in [0.717, 1.165) is 11.3 Å². The number of nitrogens with zero attached hydrogens (tertiary/aromatic N) is 3. The summed E-state index contributed by atoms with van der Waals surface area (Å²) >= 11 is 0. The summed E-state index contributed by atoms with van der Waals surface area (Å²) in [5.41, 5.74) is 3.18. The van der Waals surface area contributed by atoms with Crippen LogP contribution in [-0.2, 0) is 4.84 Å². The largest absolute Gasteiger partial charge is 0.367 e. The van der Waals surface area contributed by atoms with Gasteiger partial charge in [-0.15, -0.1) is 0 Å². The van der Waals surface area contributed by atoms with Crippen LogP contribution in [0.5, 0.6) is 0 Å². The zero-order valence-electron chi connectivity index (χ0n) is 16.2. The molecule has 0 saturated carbocycles. The Balaban J connectivity index is 1.66. The first-order valence-corrected chi connectivity index (χ1v) is 9.23. The third-order valence-corrected chi connectivity index (χ3v) is 4.78. The van der Waals surface area contributed by atoms with Crippen LogP contribution in [0.3, 0.4) is 0 Å². The molecule has 1 aliphatic rings. The van der Waals surface area contributed by atoms with Crippen molar-refractivity contribution < 1.29 is 19.2 Å². The zero-order valence-corrected chi connectivity index (χ0v) is 16.2. The highest BCUT2D eigenvalue weighted by molar-refractivity contribution is 6.21. The molecule has 2 heterocycles. The number of hydrogen-bond acceptors (Lipinski definition) is 5. The van der Waals surface area contributed by atoms with Gasteiger partial charge in [0.2, 0.25) is 0 Å². The van der Waals surface area contributed by atoms with Crippen molar-refractivity contribution in [2.75, 3.05) is 0 Å². The Hall–Kier alpha value is -3.74. The van der Waals surface area contributed by atoms with E-state index in [4.69, 9.17) is 4.84 Å². The highest BCUT2D eigenvalue weighted by atomic mass is 16.7. The number of carbonyl (C=O) groups excluding carboxylic acids is 3. The van der Waals surface area contributed by atoms with Gasteiger partial charge in [-0.25, -0.2) is 9.48 Å². The minimum Gasteiger partial charge on any atom is -0.324 e. The maximum Gasteiger partial charge on any atom is 0.367 e. The molecule has 29 heavy (non-hydrogen) atoms. The van der Waals surface area contributed by atoms with E-state index in [1.165, 1.54) is 18.3 Å². The number of aromatic nitrogens is 2. The number of carbonyl (C=O) groups is 3. The van der Waals surface area contributed by atoms with Gasteiger partial charge in [0, 0.05) is 0 Å². The average Bonchev–Trinajstić information content (AvgIpc) is 3.25. The predicted molar refractivity (Wildman–Crippen MR) is 105 cm³/mol. The standard InChI is InChI=1S/C22H19N3O4/c1-13(2)19-18(12-23-24(19)15-10-8-14(3)9-11-15)22(28)29-25-20(26)16-6-4-5-7-17(16)21(25)27/h4-13H,1-3H3. The Morgan fingerprint density at radius 1 is 0.966 bits per heavy atom. The molecule has 0 atom stereocenters. The van der Waals surface area contributed by atoms with Gasteiger partial charge in [-0.3, -0.25) is 9.59 Å². The van der Waals surface area contributed by atoms with Crippen molar-refractivity contribution in [3.63, 3.8) is 0 Å². The maximum absolute atomic E-state index is 12.8. The molecule has 0 radical (unpaired) electrons. The van der Waals surface area contributed by atoms with Gasteiger partial charge in [0.1, 0.15) is 5.56 Å². The molecule has 7 heteroatoms. The number of amides is 2. The van der Waals surface area contributed by atoms with Crippen LogP contribution in [0.15, 0.2) is 54.7 Å². The molecule has 0 N–H and O–H groups in total. The Morgan fingerprint density at radius 2 is 1.55 bits per heavy atom. The molecule has 146 valence electrons. The molecule has 0 aliphatic carbocycles. The van der Waals surface area contributed by atoms with E-state index in [1.807, 2.05) is 45.0 Å². The lowest BCUT2D eigenvalue weighted by Crippen LogP contribution is -2.33. The van der Waals surface area contributed by atoms with Gasteiger partial charge in [0.25, 0.3) is 11.8 Å². The Bertz CT molecular complexity index is 1090. The number of imide groups is 1. The normalized spacial score (nSPS) is 13.2. The summed E-state index contributed by atoms with van der Waals surface area (Å²) in [5, 5.41) is 4.85. The van der Waals surface area contributed by atoms with E-state index < -0.39 is 17.8 Å². The molecule has 1 aliphatic heterocycles. The fraction of sp³-hybridized carbons (Fsp3) is 0.182. The monoisotopic (exact) mass is 389 g/mol. The molecule has 1 aromatic heterocycles. The third kappa shape index (κ3) is 3.10. The molecular formula is C22H19N3O4. The van der Waals surface area contributed by atoms with E-state index in [9.17, 15) is 14.4 Å². The molecule has 0 spiro atoms. The van der Waals surface area contributed by atoms with E-state index in [2.05, 4.69) is 5.10 Å². The van der Waals surface area contributed by atoms with E-state index in [-0.39, 0.29) is 22.6 Å². The van der Waals surface area contributed by atoms with Crippen LogP contribution >= 0.6 is 0 Å². The second-order valence-electron chi connectivity index (χ2n) is 7.17. The number of fused-ring (bicyclic) bond motifs is 1. The number of hydrogen-bond donors (Lipinski definition) is 0. The van der Waals surface area contributed by atoms with Gasteiger partial charge >= 0.3 is 5.97 Å². The van der Waals surface area contributed by atoms with Crippen LogP contribution in [-0.4, -0.2) is 32.6 Å². The lowest BCUT2D eigenvalue weighted by atomic mass is 10.1. The Morgan fingerprint density at radius 3 is 2.10 bits per heavy atom. The molecule has 0 fully saturated rings. The molecule has 7 nitrogen and oxygen atoms in total. The van der Waals surface area contributed by atoms with Gasteiger partial charge in [-0.2, -0.15) is 5.10 Å². The highest BCUT2D eigenvalue weighted by Gasteiger charge is 2.39. The van der Waals surface area contributed by atoms with Crippen molar-refractivity contribution in [3.8, 4) is 5.69 Å². The minimum absolute atomic E-state index is 0.0523. The summed E-state index contributed by atoms with van der Waals surface area (Å²) in [5.74, 6) is -2.17. The number of rotatable bonds is 4.